The first-order chi connectivity index (χ1) is 9.96. The van der Waals surface area contributed by atoms with Gasteiger partial charge in [-0.2, -0.15) is 5.10 Å². The lowest BCUT2D eigenvalue weighted by Gasteiger charge is -2.12. The lowest BCUT2D eigenvalue weighted by Crippen LogP contribution is -2.14. The Balaban J connectivity index is 2.31. The Morgan fingerprint density at radius 2 is 1.90 bits per heavy atom. The Hall–Kier alpha value is -2.21. The predicted octanol–water partition coefficient (Wildman–Crippen LogP) is 2.65. The molecule has 2 rings (SSSR count). The average molecular weight is 310 g/mol. The van der Waals surface area contributed by atoms with Gasteiger partial charge in [-0.25, -0.2) is 0 Å². The van der Waals surface area contributed by atoms with Crippen molar-refractivity contribution in [3.8, 4) is 11.5 Å². The van der Waals surface area contributed by atoms with Crippen molar-refractivity contribution < 1.29 is 14.3 Å². The number of nitrogens with one attached hydrogen (secondary N) is 1. The van der Waals surface area contributed by atoms with Crippen molar-refractivity contribution in [2.75, 3.05) is 19.5 Å². The fraction of sp³-hybridized carbons (Fsp3) is 0.286. The van der Waals surface area contributed by atoms with E-state index in [2.05, 4.69) is 10.4 Å². The van der Waals surface area contributed by atoms with Crippen LogP contribution in [0, 0.1) is 6.92 Å². The van der Waals surface area contributed by atoms with Crippen molar-refractivity contribution in [3.05, 3.63) is 34.6 Å². The topological polar surface area (TPSA) is 65.4 Å². The first-order valence-corrected chi connectivity index (χ1v) is 6.57. The molecule has 0 spiro atoms. The summed E-state index contributed by atoms with van der Waals surface area (Å²) >= 11 is 6.02. The normalized spacial score (nSPS) is 10.3. The molecule has 1 aromatic heterocycles. The minimum absolute atomic E-state index is 0.325. The van der Waals surface area contributed by atoms with Gasteiger partial charge in [0.15, 0.2) is 5.69 Å². The van der Waals surface area contributed by atoms with Gasteiger partial charge in [-0.3, -0.25) is 9.48 Å². The van der Waals surface area contributed by atoms with Gasteiger partial charge in [-0.1, -0.05) is 11.6 Å². The molecule has 1 N–H and O–H groups in total. The van der Waals surface area contributed by atoms with Gasteiger partial charge in [0, 0.05) is 24.9 Å². The summed E-state index contributed by atoms with van der Waals surface area (Å²) in [5.41, 5.74) is 1.68. The number of aromatic nitrogens is 2. The van der Waals surface area contributed by atoms with Crippen LogP contribution < -0.4 is 14.8 Å². The molecule has 0 fully saturated rings. The summed E-state index contributed by atoms with van der Waals surface area (Å²) in [6, 6.07) is 4.89. The molecule has 0 atom stereocenters. The maximum Gasteiger partial charge on any atom is 0.276 e. The quantitative estimate of drug-likeness (QED) is 0.943. The highest BCUT2D eigenvalue weighted by molar-refractivity contribution is 6.32. The largest absolute Gasteiger partial charge is 0.495 e. The first kappa shape index (κ1) is 15.2. The Morgan fingerprint density at radius 1 is 1.24 bits per heavy atom. The van der Waals surface area contributed by atoms with Crippen molar-refractivity contribution in [3.63, 3.8) is 0 Å². The molecule has 0 radical (unpaired) electrons. The van der Waals surface area contributed by atoms with E-state index >= 15 is 0 Å². The van der Waals surface area contributed by atoms with E-state index in [9.17, 15) is 4.79 Å². The van der Waals surface area contributed by atoms with Gasteiger partial charge in [0.2, 0.25) is 0 Å². The minimum Gasteiger partial charge on any atom is -0.495 e. The van der Waals surface area contributed by atoms with E-state index in [1.807, 2.05) is 6.92 Å². The SMILES string of the molecule is COc1cc(NC(=O)c2cc(C)n(C)n2)c(OC)cc1Cl. The molecule has 1 amide bonds. The van der Waals surface area contributed by atoms with Crippen LogP contribution in [0.3, 0.4) is 0 Å². The van der Waals surface area contributed by atoms with Gasteiger partial charge in [0.05, 0.1) is 24.9 Å². The maximum atomic E-state index is 12.2. The van der Waals surface area contributed by atoms with Crippen LogP contribution in [-0.4, -0.2) is 29.9 Å². The third-order valence-corrected chi connectivity index (χ3v) is 3.36. The zero-order valence-electron chi connectivity index (χ0n) is 12.2. The molecule has 6 nitrogen and oxygen atoms in total. The summed E-state index contributed by atoms with van der Waals surface area (Å²) in [4.78, 5) is 12.2. The molecule has 0 aliphatic heterocycles. The summed E-state index contributed by atoms with van der Waals surface area (Å²) in [5.74, 6) is 0.563. The maximum absolute atomic E-state index is 12.2. The number of nitrogens with zero attached hydrogens (tertiary/aromatic N) is 2. The van der Waals surface area contributed by atoms with E-state index in [0.29, 0.717) is 27.9 Å². The molecule has 0 saturated carbocycles. The zero-order chi connectivity index (χ0) is 15.6. The van der Waals surface area contributed by atoms with Crippen molar-refractivity contribution in [1.82, 2.24) is 9.78 Å². The monoisotopic (exact) mass is 309 g/mol. The molecular weight excluding hydrogens is 294 g/mol. The Morgan fingerprint density at radius 3 is 2.43 bits per heavy atom. The van der Waals surface area contributed by atoms with Crippen LogP contribution in [-0.2, 0) is 7.05 Å². The van der Waals surface area contributed by atoms with Crippen molar-refractivity contribution in [2.45, 2.75) is 6.92 Å². The molecule has 0 aliphatic rings. The highest BCUT2D eigenvalue weighted by Crippen LogP contribution is 2.36. The van der Waals surface area contributed by atoms with Crippen molar-refractivity contribution in [2.24, 2.45) is 7.05 Å². The molecule has 1 heterocycles. The van der Waals surface area contributed by atoms with Crippen LogP contribution in [0.2, 0.25) is 5.02 Å². The number of hydrogen-bond acceptors (Lipinski definition) is 4. The Bertz CT molecular complexity index is 663. The first-order valence-electron chi connectivity index (χ1n) is 6.19. The Labute approximate surface area is 127 Å². The van der Waals surface area contributed by atoms with Gasteiger partial charge >= 0.3 is 0 Å². The fourth-order valence-corrected chi connectivity index (χ4v) is 2.05. The molecule has 0 unspecified atom stereocenters. The Kier molecular flexibility index (Phi) is 4.37. The number of aryl methyl sites for hydroxylation is 2. The van der Waals surface area contributed by atoms with E-state index < -0.39 is 0 Å². The lowest BCUT2D eigenvalue weighted by atomic mass is 10.2. The lowest BCUT2D eigenvalue weighted by molar-refractivity contribution is 0.102. The van der Waals surface area contributed by atoms with Crippen LogP contribution in [0.15, 0.2) is 18.2 Å². The summed E-state index contributed by atoms with van der Waals surface area (Å²) in [6.45, 7) is 1.87. The standard InChI is InChI=1S/C14H16ClN3O3/c1-8-5-11(17-18(8)2)14(19)16-10-7-12(20-3)9(15)6-13(10)21-4/h5-7H,1-4H3,(H,16,19). The van der Waals surface area contributed by atoms with E-state index in [-0.39, 0.29) is 5.91 Å². The number of ether oxygens (including phenoxy) is 2. The second-order valence-electron chi connectivity index (χ2n) is 4.44. The second-order valence-corrected chi connectivity index (χ2v) is 4.84. The number of hydrogen-bond donors (Lipinski definition) is 1. The third-order valence-electron chi connectivity index (χ3n) is 3.07. The number of methoxy groups -OCH3 is 2. The van der Waals surface area contributed by atoms with Gasteiger partial charge in [0.25, 0.3) is 5.91 Å². The molecule has 1 aromatic carbocycles. The van der Waals surface area contributed by atoms with Crippen LogP contribution in [0.4, 0.5) is 5.69 Å². The van der Waals surface area contributed by atoms with Gasteiger partial charge in [-0.05, 0) is 13.0 Å². The second kappa shape index (κ2) is 6.05. The zero-order valence-corrected chi connectivity index (χ0v) is 13.0. The molecule has 112 valence electrons. The molecular formula is C14H16ClN3O3. The average Bonchev–Trinajstić information content (AvgIpc) is 2.80. The van der Waals surface area contributed by atoms with Crippen LogP contribution in [0.25, 0.3) is 0 Å². The summed E-state index contributed by atoms with van der Waals surface area (Å²) < 4.78 is 12.0. The van der Waals surface area contributed by atoms with Gasteiger partial charge in [-0.15, -0.1) is 0 Å². The summed E-state index contributed by atoms with van der Waals surface area (Å²) in [5, 5.41) is 7.27. The smallest absolute Gasteiger partial charge is 0.276 e. The highest BCUT2D eigenvalue weighted by atomic mass is 35.5. The van der Waals surface area contributed by atoms with E-state index in [1.165, 1.54) is 14.2 Å². The third kappa shape index (κ3) is 3.11. The molecule has 0 bridgehead atoms. The highest BCUT2D eigenvalue weighted by Gasteiger charge is 2.16. The van der Waals surface area contributed by atoms with E-state index in [4.69, 9.17) is 21.1 Å². The van der Waals surface area contributed by atoms with Crippen molar-refractivity contribution >= 4 is 23.2 Å². The van der Waals surface area contributed by atoms with Gasteiger partial charge < -0.3 is 14.8 Å². The van der Waals surface area contributed by atoms with E-state index in [0.717, 1.165) is 5.69 Å². The van der Waals surface area contributed by atoms with Crippen LogP contribution in [0.5, 0.6) is 11.5 Å². The van der Waals surface area contributed by atoms with Crippen LogP contribution >= 0.6 is 11.6 Å². The van der Waals surface area contributed by atoms with Crippen LogP contribution in [0.1, 0.15) is 16.2 Å². The van der Waals surface area contributed by atoms with E-state index in [1.54, 1.807) is 29.9 Å². The van der Waals surface area contributed by atoms with Gasteiger partial charge in [0.1, 0.15) is 11.5 Å². The summed E-state index contributed by atoms with van der Waals surface area (Å²) in [6.07, 6.45) is 0. The number of carbonyl (C=O) groups is 1. The molecule has 0 saturated heterocycles. The molecule has 0 aliphatic carbocycles. The molecule has 7 heteroatoms. The number of amides is 1. The number of anilines is 1. The number of benzene rings is 1. The molecule has 21 heavy (non-hydrogen) atoms. The number of carbonyl (C=O) groups excluding carboxylic acids is 1. The number of rotatable bonds is 4. The fourth-order valence-electron chi connectivity index (χ4n) is 1.82. The molecule has 2 aromatic rings. The predicted molar refractivity (Wildman–Crippen MR) is 80.5 cm³/mol. The number of halogens is 1. The minimum atomic E-state index is -0.332. The van der Waals surface area contributed by atoms with Crippen molar-refractivity contribution in [1.29, 1.82) is 0 Å². The summed E-state index contributed by atoms with van der Waals surface area (Å²) in [7, 11) is 4.78.